The molecule has 0 saturated heterocycles. The minimum Gasteiger partial charge on any atom is -0.453 e. The Morgan fingerprint density at radius 3 is 2.88 bits per heavy atom. The molecule has 17 heavy (non-hydrogen) atoms. The molecule has 88 valence electrons. The highest BCUT2D eigenvalue weighted by Gasteiger charge is 2.28. The van der Waals surface area contributed by atoms with Crippen molar-refractivity contribution in [1.82, 2.24) is 0 Å². The van der Waals surface area contributed by atoms with Gasteiger partial charge in [0, 0.05) is 5.56 Å². The van der Waals surface area contributed by atoms with E-state index in [1.165, 1.54) is 6.07 Å². The highest BCUT2D eigenvalue weighted by Crippen LogP contribution is 2.42. The number of nitro benzene ring substituents is 1. The molecule has 1 aromatic carbocycles. The van der Waals surface area contributed by atoms with Crippen molar-refractivity contribution in [3.05, 3.63) is 40.0 Å². The van der Waals surface area contributed by atoms with Crippen molar-refractivity contribution < 1.29 is 19.2 Å². The van der Waals surface area contributed by atoms with E-state index >= 15 is 0 Å². The van der Waals surface area contributed by atoms with Crippen LogP contribution < -0.4 is 9.47 Å². The number of hydrogen-bond donors (Lipinski definition) is 0. The summed E-state index contributed by atoms with van der Waals surface area (Å²) in [6, 6.07) is 1.21. The number of rotatable bonds is 4. The molecular formula is C11H9NO5. The molecule has 0 radical (unpaired) electrons. The predicted octanol–water partition coefficient (Wildman–Crippen LogP) is 1.86. The number of carbonyl (C=O) groups excluding carboxylic acids is 1. The number of fused-ring (bicyclic) bond motifs is 1. The number of carbonyl (C=O) groups is 1. The fourth-order valence-electron chi connectivity index (χ4n) is 1.74. The van der Waals surface area contributed by atoms with Crippen molar-refractivity contribution in [1.29, 1.82) is 0 Å². The minimum absolute atomic E-state index is 0.00105. The van der Waals surface area contributed by atoms with Crippen LogP contribution in [-0.2, 0) is 6.42 Å². The van der Waals surface area contributed by atoms with Crippen molar-refractivity contribution in [2.24, 2.45) is 0 Å². The number of hydrogen-bond acceptors (Lipinski definition) is 5. The molecule has 0 unspecified atom stereocenters. The molecule has 1 heterocycles. The third kappa shape index (κ3) is 1.73. The van der Waals surface area contributed by atoms with E-state index in [9.17, 15) is 14.9 Å². The summed E-state index contributed by atoms with van der Waals surface area (Å²) in [4.78, 5) is 21.2. The van der Waals surface area contributed by atoms with Crippen LogP contribution in [0.2, 0.25) is 0 Å². The Morgan fingerprint density at radius 2 is 2.29 bits per heavy atom. The summed E-state index contributed by atoms with van der Waals surface area (Å²) in [6.07, 6.45) is 2.31. The molecule has 1 aliphatic heterocycles. The summed E-state index contributed by atoms with van der Waals surface area (Å²) in [5, 5.41) is 10.9. The van der Waals surface area contributed by atoms with Gasteiger partial charge in [0.2, 0.25) is 6.79 Å². The molecule has 0 atom stereocenters. The molecular weight excluding hydrogens is 226 g/mol. The summed E-state index contributed by atoms with van der Waals surface area (Å²) in [5.74, 6) is 0.678. The van der Waals surface area contributed by atoms with Gasteiger partial charge in [0.15, 0.2) is 17.8 Å². The first kappa shape index (κ1) is 11.1. The average molecular weight is 235 g/mol. The summed E-state index contributed by atoms with van der Waals surface area (Å²) in [7, 11) is 0. The quantitative estimate of drug-likeness (QED) is 0.344. The zero-order valence-corrected chi connectivity index (χ0v) is 8.84. The van der Waals surface area contributed by atoms with Gasteiger partial charge in [-0.25, -0.2) is 0 Å². The molecule has 0 saturated carbocycles. The van der Waals surface area contributed by atoms with Crippen LogP contribution in [0.3, 0.4) is 0 Å². The fourth-order valence-corrected chi connectivity index (χ4v) is 1.74. The SMILES string of the molecule is C=CCc1c(C=O)c([N+](=O)[O-])cc2c1OCO2. The normalized spacial score (nSPS) is 12.2. The monoisotopic (exact) mass is 235 g/mol. The average Bonchev–Trinajstić information content (AvgIpc) is 2.76. The molecule has 2 rings (SSSR count). The van der Waals surface area contributed by atoms with Gasteiger partial charge in [0.1, 0.15) is 0 Å². The first-order valence-corrected chi connectivity index (χ1v) is 4.85. The van der Waals surface area contributed by atoms with Gasteiger partial charge in [-0.15, -0.1) is 6.58 Å². The minimum atomic E-state index is -0.613. The second-order valence-electron chi connectivity index (χ2n) is 3.39. The Balaban J connectivity index is 2.71. The van der Waals surface area contributed by atoms with Gasteiger partial charge in [-0.2, -0.15) is 0 Å². The van der Waals surface area contributed by atoms with Crippen LogP contribution in [0.25, 0.3) is 0 Å². The van der Waals surface area contributed by atoms with Crippen LogP contribution in [0.5, 0.6) is 11.5 Å². The van der Waals surface area contributed by atoms with Crippen LogP contribution in [0, 0.1) is 10.1 Å². The summed E-state index contributed by atoms with van der Waals surface area (Å²) in [5.41, 5.74) is 0.178. The highest BCUT2D eigenvalue weighted by atomic mass is 16.7. The molecule has 0 aliphatic carbocycles. The van der Waals surface area contributed by atoms with Gasteiger partial charge in [-0.1, -0.05) is 6.08 Å². The zero-order chi connectivity index (χ0) is 12.4. The van der Waals surface area contributed by atoms with E-state index in [0.29, 0.717) is 29.8 Å². The fraction of sp³-hybridized carbons (Fsp3) is 0.182. The second kappa shape index (κ2) is 4.25. The first-order valence-electron chi connectivity index (χ1n) is 4.85. The summed E-state index contributed by atoms with van der Waals surface area (Å²) >= 11 is 0. The van der Waals surface area contributed by atoms with Crippen molar-refractivity contribution in [2.45, 2.75) is 6.42 Å². The number of aldehydes is 1. The van der Waals surface area contributed by atoms with Gasteiger partial charge in [0.25, 0.3) is 5.69 Å². The third-order valence-electron chi connectivity index (χ3n) is 2.45. The Bertz CT molecular complexity index is 509. The number of benzene rings is 1. The van der Waals surface area contributed by atoms with Crippen LogP contribution >= 0.6 is 0 Å². The number of ether oxygens (including phenoxy) is 2. The lowest BCUT2D eigenvalue weighted by atomic mass is 10.0. The van der Waals surface area contributed by atoms with Gasteiger partial charge in [-0.05, 0) is 6.42 Å². The largest absolute Gasteiger partial charge is 0.453 e. The van der Waals surface area contributed by atoms with E-state index in [-0.39, 0.29) is 18.0 Å². The van der Waals surface area contributed by atoms with Gasteiger partial charge < -0.3 is 9.47 Å². The predicted molar refractivity (Wildman–Crippen MR) is 58.5 cm³/mol. The Kier molecular flexibility index (Phi) is 2.78. The maximum absolute atomic E-state index is 11.0. The smallest absolute Gasteiger partial charge is 0.284 e. The van der Waals surface area contributed by atoms with E-state index in [0.717, 1.165) is 0 Å². The van der Waals surface area contributed by atoms with E-state index in [1.54, 1.807) is 6.08 Å². The Labute approximate surface area is 96.6 Å². The number of nitrogens with zero attached hydrogens (tertiary/aromatic N) is 1. The lowest BCUT2D eigenvalue weighted by Gasteiger charge is -2.07. The lowest BCUT2D eigenvalue weighted by Crippen LogP contribution is -2.00. The topological polar surface area (TPSA) is 78.7 Å². The molecule has 0 aromatic heterocycles. The first-order chi connectivity index (χ1) is 8.19. The second-order valence-corrected chi connectivity index (χ2v) is 3.39. The van der Waals surface area contributed by atoms with Crippen molar-refractivity contribution >= 4 is 12.0 Å². The van der Waals surface area contributed by atoms with Crippen LogP contribution in [0.1, 0.15) is 15.9 Å². The van der Waals surface area contributed by atoms with E-state index in [4.69, 9.17) is 9.47 Å². The zero-order valence-electron chi connectivity index (χ0n) is 8.84. The van der Waals surface area contributed by atoms with Gasteiger partial charge >= 0.3 is 0 Å². The summed E-state index contributed by atoms with van der Waals surface area (Å²) in [6.45, 7) is 3.55. The van der Waals surface area contributed by atoms with Gasteiger partial charge in [0.05, 0.1) is 16.6 Å². The molecule has 6 nitrogen and oxygen atoms in total. The van der Waals surface area contributed by atoms with E-state index < -0.39 is 4.92 Å². The molecule has 0 amide bonds. The molecule has 1 aliphatic rings. The maximum atomic E-state index is 11.0. The highest BCUT2D eigenvalue weighted by molar-refractivity contribution is 5.86. The van der Waals surface area contributed by atoms with Crippen molar-refractivity contribution in [3.63, 3.8) is 0 Å². The molecule has 0 bridgehead atoms. The number of allylic oxidation sites excluding steroid dienone is 1. The van der Waals surface area contributed by atoms with Crippen molar-refractivity contribution in [2.75, 3.05) is 6.79 Å². The molecule has 0 fully saturated rings. The molecule has 1 aromatic rings. The molecule has 0 spiro atoms. The van der Waals surface area contributed by atoms with E-state index in [1.807, 2.05) is 0 Å². The Hall–Kier alpha value is -2.37. The van der Waals surface area contributed by atoms with E-state index in [2.05, 4.69) is 6.58 Å². The molecule has 0 N–H and O–H groups in total. The van der Waals surface area contributed by atoms with Crippen LogP contribution in [0.15, 0.2) is 18.7 Å². The summed E-state index contributed by atoms with van der Waals surface area (Å²) < 4.78 is 10.3. The van der Waals surface area contributed by atoms with Crippen LogP contribution in [-0.4, -0.2) is 18.0 Å². The van der Waals surface area contributed by atoms with Gasteiger partial charge in [-0.3, -0.25) is 14.9 Å². The molecule has 6 heteroatoms. The Morgan fingerprint density at radius 1 is 1.53 bits per heavy atom. The van der Waals surface area contributed by atoms with Crippen molar-refractivity contribution in [3.8, 4) is 11.5 Å². The lowest BCUT2D eigenvalue weighted by molar-refractivity contribution is -0.385. The maximum Gasteiger partial charge on any atom is 0.284 e. The standard InChI is InChI=1S/C11H9NO5/c1-2-3-7-8(5-13)9(12(14)15)4-10-11(7)17-6-16-10/h2,4-5H,1,3,6H2. The number of nitro groups is 1. The third-order valence-corrected chi connectivity index (χ3v) is 2.45. The van der Waals surface area contributed by atoms with Crippen LogP contribution in [0.4, 0.5) is 5.69 Å².